The molecule has 1 atom stereocenters. The minimum Gasteiger partial charge on any atom is -0.497 e. The summed E-state index contributed by atoms with van der Waals surface area (Å²) >= 11 is 0. The van der Waals surface area contributed by atoms with E-state index in [2.05, 4.69) is 20.5 Å². The van der Waals surface area contributed by atoms with Crippen LogP contribution in [0.4, 0.5) is 0 Å². The van der Waals surface area contributed by atoms with Crippen LogP contribution in [0.15, 0.2) is 47.4 Å². The molecule has 0 bridgehead atoms. The first kappa shape index (κ1) is 18.6. The number of benzene rings is 1. The van der Waals surface area contributed by atoms with Crippen molar-refractivity contribution in [2.75, 3.05) is 7.11 Å². The number of nitrogens with one attached hydrogen (secondary N) is 1. The van der Waals surface area contributed by atoms with Gasteiger partial charge in [-0.05, 0) is 43.7 Å². The number of aromatic nitrogens is 5. The highest BCUT2D eigenvalue weighted by molar-refractivity contribution is 5.80. The van der Waals surface area contributed by atoms with Gasteiger partial charge in [0.05, 0.1) is 18.7 Å². The fourth-order valence-corrected chi connectivity index (χ4v) is 3.32. The topological polar surface area (TPSA) is 103 Å². The number of rotatable bonds is 5. The highest BCUT2D eigenvalue weighted by Gasteiger charge is 2.18. The normalized spacial score (nSPS) is 12.2. The van der Waals surface area contributed by atoms with Crippen molar-refractivity contribution in [2.45, 2.75) is 26.4 Å². The van der Waals surface area contributed by atoms with Crippen LogP contribution >= 0.6 is 0 Å². The third kappa shape index (κ3) is 3.31. The van der Waals surface area contributed by atoms with Gasteiger partial charge >= 0.3 is 0 Å². The number of fused-ring (bicyclic) bond motifs is 3. The lowest BCUT2D eigenvalue weighted by Gasteiger charge is -2.16. The van der Waals surface area contributed by atoms with E-state index in [0.29, 0.717) is 17.0 Å². The first-order chi connectivity index (χ1) is 14.0. The Bertz CT molecular complexity index is 1260. The highest BCUT2D eigenvalue weighted by Crippen LogP contribution is 2.17. The number of aryl methyl sites for hydroxylation is 1. The number of methoxy groups -OCH3 is 1. The molecule has 1 amide bonds. The zero-order valence-corrected chi connectivity index (χ0v) is 16.3. The van der Waals surface area contributed by atoms with E-state index < -0.39 is 5.56 Å². The minimum atomic E-state index is -0.390. The van der Waals surface area contributed by atoms with Crippen LogP contribution in [-0.4, -0.2) is 37.2 Å². The molecule has 0 saturated carbocycles. The number of pyridine rings is 1. The Labute approximate surface area is 166 Å². The van der Waals surface area contributed by atoms with Crippen LogP contribution in [0.2, 0.25) is 0 Å². The van der Waals surface area contributed by atoms with E-state index in [1.54, 1.807) is 36.8 Å². The first-order valence-corrected chi connectivity index (χ1v) is 9.12. The Morgan fingerprint density at radius 3 is 2.66 bits per heavy atom. The number of amides is 1. The van der Waals surface area contributed by atoms with Gasteiger partial charge in [0.1, 0.15) is 18.1 Å². The molecule has 0 spiro atoms. The summed E-state index contributed by atoms with van der Waals surface area (Å²) in [7, 11) is 1.60. The van der Waals surface area contributed by atoms with Crippen LogP contribution in [0.25, 0.3) is 16.8 Å². The Hall–Kier alpha value is -3.75. The van der Waals surface area contributed by atoms with Crippen molar-refractivity contribution in [1.82, 2.24) is 29.5 Å². The molecule has 0 unspecified atom stereocenters. The summed E-state index contributed by atoms with van der Waals surface area (Å²) in [6, 6.07) is 10.7. The highest BCUT2D eigenvalue weighted by atomic mass is 16.5. The maximum atomic E-state index is 12.9. The van der Waals surface area contributed by atoms with E-state index in [-0.39, 0.29) is 24.1 Å². The van der Waals surface area contributed by atoms with Crippen LogP contribution in [0, 0.1) is 6.92 Å². The molecule has 3 aromatic heterocycles. The summed E-state index contributed by atoms with van der Waals surface area (Å²) in [4.78, 5) is 30.0. The summed E-state index contributed by atoms with van der Waals surface area (Å²) in [5.74, 6) is 1.02. The van der Waals surface area contributed by atoms with Crippen molar-refractivity contribution >= 4 is 22.7 Å². The molecule has 3 heterocycles. The maximum Gasteiger partial charge on any atom is 0.297 e. The predicted octanol–water partition coefficient (Wildman–Crippen LogP) is 1.63. The van der Waals surface area contributed by atoms with Crippen LogP contribution in [-0.2, 0) is 11.3 Å². The number of carbonyl (C=O) groups excluding carboxylic acids is 1. The molecule has 0 fully saturated rings. The van der Waals surface area contributed by atoms with E-state index in [1.807, 2.05) is 31.2 Å². The van der Waals surface area contributed by atoms with Gasteiger partial charge in [-0.3, -0.25) is 18.6 Å². The fraction of sp³-hybridized carbons (Fsp3) is 0.250. The van der Waals surface area contributed by atoms with Gasteiger partial charge in [0.25, 0.3) is 5.56 Å². The van der Waals surface area contributed by atoms with E-state index in [1.165, 1.54) is 4.57 Å². The lowest BCUT2D eigenvalue weighted by Crippen LogP contribution is -2.34. The van der Waals surface area contributed by atoms with Gasteiger partial charge in [-0.25, -0.2) is 4.98 Å². The summed E-state index contributed by atoms with van der Waals surface area (Å²) in [5, 5.41) is 10.9. The molecule has 0 radical (unpaired) electrons. The van der Waals surface area contributed by atoms with Gasteiger partial charge in [0.2, 0.25) is 11.6 Å². The summed E-state index contributed by atoms with van der Waals surface area (Å²) in [6.07, 6.45) is 1.63. The molecule has 0 aliphatic rings. The molecule has 0 aliphatic heterocycles. The average molecular weight is 392 g/mol. The molecule has 0 aliphatic carbocycles. The monoisotopic (exact) mass is 392 g/mol. The van der Waals surface area contributed by atoms with Gasteiger partial charge in [-0.1, -0.05) is 12.1 Å². The Morgan fingerprint density at radius 2 is 1.93 bits per heavy atom. The SMILES string of the molecule is COc1ccc([C@H](C)NC(=O)Cn2c(=O)c3nnc(C)n3c3ncccc32)cc1. The lowest BCUT2D eigenvalue weighted by molar-refractivity contribution is -0.122. The van der Waals surface area contributed by atoms with Crippen LogP contribution in [0.1, 0.15) is 24.4 Å². The van der Waals surface area contributed by atoms with E-state index in [0.717, 1.165) is 11.3 Å². The Balaban J connectivity index is 1.65. The first-order valence-electron chi connectivity index (χ1n) is 9.12. The lowest BCUT2D eigenvalue weighted by atomic mass is 10.1. The number of nitrogens with zero attached hydrogens (tertiary/aromatic N) is 5. The number of carbonyl (C=O) groups is 1. The van der Waals surface area contributed by atoms with Crippen LogP contribution in [0.3, 0.4) is 0 Å². The smallest absolute Gasteiger partial charge is 0.297 e. The predicted molar refractivity (Wildman–Crippen MR) is 107 cm³/mol. The molecule has 9 nitrogen and oxygen atoms in total. The van der Waals surface area contributed by atoms with Crippen LogP contribution < -0.4 is 15.6 Å². The molecule has 4 aromatic rings. The third-order valence-electron chi connectivity index (χ3n) is 4.82. The van der Waals surface area contributed by atoms with Crippen molar-refractivity contribution in [3.05, 3.63) is 64.3 Å². The largest absolute Gasteiger partial charge is 0.497 e. The number of ether oxygens (including phenoxy) is 1. The summed E-state index contributed by atoms with van der Waals surface area (Å²) < 4.78 is 8.14. The Morgan fingerprint density at radius 1 is 1.17 bits per heavy atom. The van der Waals surface area contributed by atoms with Gasteiger partial charge in [-0.2, -0.15) is 0 Å². The molecule has 4 rings (SSSR count). The Kier molecular flexibility index (Phi) is 4.71. The molecule has 9 heteroatoms. The third-order valence-corrected chi connectivity index (χ3v) is 4.82. The van der Waals surface area contributed by atoms with Crippen molar-refractivity contribution < 1.29 is 9.53 Å². The second-order valence-corrected chi connectivity index (χ2v) is 6.71. The van der Waals surface area contributed by atoms with Crippen molar-refractivity contribution in [1.29, 1.82) is 0 Å². The molecule has 0 saturated heterocycles. The van der Waals surface area contributed by atoms with Gasteiger partial charge in [-0.15, -0.1) is 10.2 Å². The second kappa shape index (κ2) is 7.34. The standard InChI is InChI=1S/C20H20N6O3/c1-12(14-6-8-15(29-3)9-7-14)22-17(27)11-25-16-5-4-10-21-18(16)26-13(2)23-24-19(26)20(25)28/h4-10,12H,11H2,1-3H3,(H,22,27)/t12-/m0/s1. The second-order valence-electron chi connectivity index (χ2n) is 6.71. The molecule has 29 heavy (non-hydrogen) atoms. The average Bonchev–Trinajstić information content (AvgIpc) is 3.13. The van der Waals surface area contributed by atoms with Crippen molar-refractivity contribution in [3.8, 4) is 5.75 Å². The summed E-state index contributed by atoms with van der Waals surface area (Å²) in [5.41, 5.74) is 1.75. The van der Waals surface area contributed by atoms with Crippen LogP contribution in [0.5, 0.6) is 5.75 Å². The molecule has 148 valence electrons. The van der Waals surface area contributed by atoms with Crippen molar-refractivity contribution in [2.24, 2.45) is 0 Å². The van der Waals surface area contributed by atoms with Gasteiger partial charge < -0.3 is 10.1 Å². The van der Waals surface area contributed by atoms with E-state index >= 15 is 0 Å². The van der Waals surface area contributed by atoms with Gasteiger partial charge in [0.15, 0.2) is 5.65 Å². The van der Waals surface area contributed by atoms with Gasteiger partial charge in [0, 0.05) is 6.20 Å². The zero-order valence-electron chi connectivity index (χ0n) is 16.3. The minimum absolute atomic E-state index is 0.143. The quantitative estimate of drug-likeness (QED) is 0.554. The summed E-state index contributed by atoms with van der Waals surface area (Å²) in [6.45, 7) is 3.48. The molecular weight excluding hydrogens is 372 g/mol. The number of hydrogen-bond acceptors (Lipinski definition) is 6. The van der Waals surface area contributed by atoms with E-state index in [4.69, 9.17) is 4.74 Å². The molecule has 1 aromatic carbocycles. The molecular formula is C20H20N6O3. The fourth-order valence-electron chi connectivity index (χ4n) is 3.32. The molecule has 1 N–H and O–H groups in total. The van der Waals surface area contributed by atoms with Crippen molar-refractivity contribution in [3.63, 3.8) is 0 Å². The zero-order chi connectivity index (χ0) is 20.5. The van der Waals surface area contributed by atoms with E-state index in [9.17, 15) is 9.59 Å². The number of hydrogen-bond donors (Lipinski definition) is 1. The maximum absolute atomic E-state index is 12.9.